The average Bonchev–Trinajstić information content (AvgIpc) is 2.51. The zero-order chi connectivity index (χ0) is 10.6. The summed E-state index contributed by atoms with van der Waals surface area (Å²) in [6.45, 7) is 7.37. The monoisotopic (exact) mass is 197 g/mol. The van der Waals surface area contributed by atoms with E-state index in [2.05, 4.69) is 11.9 Å². The second-order valence-corrected chi connectivity index (χ2v) is 4.22. The highest BCUT2D eigenvalue weighted by Gasteiger charge is 2.32. The summed E-state index contributed by atoms with van der Waals surface area (Å²) in [7, 11) is 0. The van der Waals surface area contributed by atoms with Crippen molar-refractivity contribution in [3.05, 3.63) is 12.2 Å². The molecule has 1 aliphatic carbocycles. The average molecular weight is 197 g/mol. The van der Waals surface area contributed by atoms with Crippen LogP contribution in [0.2, 0.25) is 0 Å². The highest BCUT2D eigenvalue weighted by molar-refractivity contribution is 5.70. The van der Waals surface area contributed by atoms with Gasteiger partial charge in [-0.05, 0) is 32.2 Å². The molecule has 0 spiro atoms. The van der Waals surface area contributed by atoms with E-state index in [0.29, 0.717) is 5.92 Å². The molecule has 14 heavy (non-hydrogen) atoms. The van der Waals surface area contributed by atoms with Gasteiger partial charge in [-0.1, -0.05) is 18.6 Å². The number of hydrogen-bond acceptors (Lipinski definition) is 2. The van der Waals surface area contributed by atoms with Crippen molar-refractivity contribution in [1.29, 1.82) is 0 Å². The Balaban J connectivity index is 2.29. The molecule has 0 heterocycles. The second-order valence-electron chi connectivity index (χ2n) is 4.22. The predicted molar refractivity (Wildman–Crippen MR) is 56.2 cm³/mol. The first-order chi connectivity index (χ1) is 6.61. The molecular formula is C11H19NO2. The van der Waals surface area contributed by atoms with E-state index in [9.17, 15) is 4.79 Å². The molecule has 2 unspecified atom stereocenters. The van der Waals surface area contributed by atoms with E-state index in [0.717, 1.165) is 37.9 Å². The Morgan fingerprint density at radius 2 is 2.29 bits per heavy atom. The third-order valence-electron chi connectivity index (χ3n) is 2.81. The third kappa shape index (κ3) is 3.14. The van der Waals surface area contributed by atoms with Crippen LogP contribution in [-0.4, -0.2) is 24.2 Å². The first-order valence-electron chi connectivity index (χ1n) is 5.19. The number of hydrogen-bond donors (Lipinski definition) is 2. The SMILES string of the molecule is C=C(C)CNCC1CCCC1C(=O)O. The first-order valence-corrected chi connectivity index (χ1v) is 5.19. The quantitative estimate of drug-likeness (QED) is 0.659. The zero-order valence-corrected chi connectivity index (χ0v) is 8.75. The van der Waals surface area contributed by atoms with Gasteiger partial charge >= 0.3 is 5.97 Å². The van der Waals surface area contributed by atoms with Gasteiger partial charge in [0.25, 0.3) is 0 Å². The molecule has 0 aromatic carbocycles. The highest BCUT2D eigenvalue weighted by atomic mass is 16.4. The van der Waals surface area contributed by atoms with Crippen LogP contribution in [0, 0.1) is 11.8 Å². The van der Waals surface area contributed by atoms with Crippen molar-refractivity contribution in [2.45, 2.75) is 26.2 Å². The molecule has 2 atom stereocenters. The normalized spacial score (nSPS) is 26.4. The van der Waals surface area contributed by atoms with E-state index in [1.165, 1.54) is 0 Å². The van der Waals surface area contributed by atoms with Crippen molar-refractivity contribution < 1.29 is 9.90 Å². The molecular weight excluding hydrogens is 178 g/mol. The number of carbonyl (C=O) groups is 1. The van der Waals surface area contributed by atoms with Gasteiger partial charge in [0.15, 0.2) is 0 Å². The van der Waals surface area contributed by atoms with Crippen LogP contribution in [0.1, 0.15) is 26.2 Å². The van der Waals surface area contributed by atoms with Crippen LogP contribution in [-0.2, 0) is 4.79 Å². The van der Waals surface area contributed by atoms with Crippen LogP contribution in [0.3, 0.4) is 0 Å². The second kappa shape index (κ2) is 5.15. The van der Waals surface area contributed by atoms with Crippen LogP contribution in [0.5, 0.6) is 0 Å². The summed E-state index contributed by atoms with van der Waals surface area (Å²) in [5, 5.41) is 12.2. The fourth-order valence-electron chi connectivity index (χ4n) is 2.08. The molecule has 80 valence electrons. The van der Waals surface area contributed by atoms with Gasteiger partial charge in [0, 0.05) is 6.54 Å². The Bertz CT molecular complexity index is 225. The topological polar surface area (TPSA) is 49.3 Å². The fourth-order valence-corrected chi connectivity index (χ4v) is 2.08. The lowest BCUT2D eigenvalue weighted by molar-refractivity contribution is -0.142. The first kappa shape index (κ1) is 11.2. The maximum Gasteiger partial charge on any atom is 0.306 e. The van der Waals surface area contributed by atoms with E-state index in [-0.39, 0.29) is 5.92 Å². The molecule has 2 N–H and O–H groups in total. The van der Waals surface area contributed by atoms with Crippen LogP contribution < -0.4 is 5.32 Å². The number of nitrogens with one attached hydrogen (secondary N) is 1. The van der Waals surface area contributed by atoms with Crippen molar-refractivity contribution in [1.82, 2.24) is 5.32 Å². The van der Waals surface area contributed by atoms with Gasteiger partial charge in [0.1, 0.15) is 0 Å². The van der Waals surface area contributed by atoms with E-state index in [1.807, 2.05) is 6.92 Å². The van der Waals surface area contributed by atoms with E-state index >= 15 is 0 Å². The molecule has 1 rings (SSSR count). The van der Waals surface area contributed by atoms with E-state index in [1.54, 1.807) is 0 Å². The lowest BCUT2D eigenvalue weighted by atomic mass is 9.96. The number of aliphatic carboxylic acids is 1. The molecule has 0 bridgehead atoms. The number of carboxylic acids is 1. The van der Waals surface area contributed by atoms with Crippen molar-refractivity contribution in [3.63, 3.8) is 0 Å². The minimum absolute atomic E-state index is 0.132. The summed E-state index contributed by atoms with van der Waals surface area (Å²) in [6, 6.07) is 0. The highest BCUT2D eigenvalue weighted by Crippen LogP contribution is 2.31. The molecule has 1 saturated carbocycles. The van der Waals surface area contributed by atoms with Crippen molar-refractivity contribution in [3.8, 4) is 0 Å². The number of rotatable bonds is 5. The zero-order valence-electron chi connectivity index (χ0n) is 8.75. The van der Waals surface area contributed by atoms with Gasteiger partial charge in [-0.3, -0.25) is 4.79 Å². The van der Waals surface area contributed by atoms with Crippen LogP contribution in [0.4, 0.5) is 0 Å². The molecule has 3 heteroatoms. The molecule has 0 aromatic heterocycles. The molecule has 1 fully saturated rings. The molecule has 0 amide bonds. The summed E-state index contributed by atoms with van der Waals surface area (Å²) in [5.74, 6) is -0.455. The minimum Gasteiger partial charge on any atom is -0.481 e. The van der Waals surface area contributed by atoms with Gasteiger partial charge < -0.3 is 10.4 Å². The molecule has 0 aliphatic heterocycles. The predicted octanol–water partition coefficient (Wildman–Crippen LogP) is 1.65. The molecule has 3 nitrogen and oxygen atoms in total. The Morgan fingerprint density at radius 3 is 2.86 bits per heavy atom. The summed E-state index contributed by atoms with van der Waals surface area (Å²) in [5.41, 5.74) is 1.09. The van der Waals surface area contributed by atoms with Gasteiger partial charge in [-0.2, -0.15) is 0 Å². The Hall–Kier alpha value is -0.830. The Kier molecular flexibility index (Phi) is 4.14. The largest absolute Gasteiger partial charge is 0.481 e. The Morgan fingerprint density at radius 1 is 1.57 bits per heavy atom. The lowest BCUT2D eigenvalue weighted by Crippen LogP contribution is -2.29. The molecule has 0 aromatic rings. The summed E-state index contributed by atoms with van der Waals surface area (Å²) in [6.07, 6.45) is 2.94. The Labute approximate surface area is 85.2 Å². The van der Waals surface area contributed by atoms with Gasteiger partial charge in [0.2, 0.25) is 0 Å². The maximum atomic E-state index is 10.9. The van der Waals surface area contributed by atoms with Crippen LogP contribution >= 0.6 is 0 Å². The smallest absolute Gasteiger partial charge is 0.306 e. The van der Waals surface area contributed by atoms with E-state index in [4.69, 9.17) is 5.11 Å². The summed E-state index contributed by atoms with van der Waals surface area (Å²) < 4.78 is 0. The van der Waals surface area contributed by atoms with Crippen molar-refractivity contribution in [2.75, 3.05) is 13.1 Å². The molecule has 0 radical (unpaired) electrons. The minimum atomic E-state index is -0.635. The van der Waals surface area contributed by atoms with E-state index < -0.39 is 5.97 Å². The van der Waals surface area contributed by atoms with Gasteiger partial charge in [-0.25, -0.2) is 0 Å². The van der Waals surface area contributed by atoms with Crippen LogP contribution in [0.25, 0.3) is 0 Å². The molecule has 0 saturated heterocycles. The summed E-state index contributed by atoms with van der Waals surface area (Å²) >= 11 is 0. The van der Waals surface area contributed by atoms with Crippen molar-refractivity contribution >= 4 is 5.97 Å². The van der Waals surface area contributed by atoms with Gasteiger partial charge in [0.05, 0.1) is 5.92 Å². The lowest BCUT2D eigenvalue weighted by Gasteiger charge is -2.16. The maximum absolute atomic E-state index is 10.9. The fraction of sp³-hybridized carbons (Fsp3) is 0.727. The number of carboxylic acid groups (broad SMARTS) is 1. The molecule has 1 aliphatic rings. The van der Waals surface area contributed by atoms with Crippen molar-refractivity contribution in [2.24, 2.45) is 11.8 Å². The standard InChI is InChI=1S/C11H19NO2/c1-8(2)6-12-7-9-4-3-5-10(9)11(13)14/h9-10,12H,1,3-7H2,2H3,(H,13,14). The summed E-state index contributed by atoms with van der Waals surface area (Å²) in [4.78, 5) is 10.9. The third-order valence-corrected chi connectivity index (χ3v) is 2.81. The van der Waals surface area contributed by atoms with Gasteiger partial charge in [-0.15, -0.1) is 0 Å². The van der Waals surface area contributed by atoms with Crippen LogP contribution in [0.15, 0.2) is 12.2 Å².